The largest absolute Gasteiger partial charge is 0.352 e. The van der Waals surface area contributed by atoms with E-state index in [2.05, 4.69) is 21.8 Å². The van der Waals surface area contributed by atoms with Gasteiger partial charge in [0.2, 0.25) is 5.91 Å². The molecule has 1 N–H and O–H groups in total. The predicted octanol–water partition coefficient (Wildman–Crippen LogP) is 2.72. The van der Waals surface area contributed by atoms with Crippen molar-refractivity contribution in [3.63, 3.8) is 0 Å². The number of carbonyl (C=O) groups is 1. The summed E-state index contributed by atoms with van der Waals surface area (Å²) in [5.74, 6) is 1.32. The van der Waals surface area contributed by atoms with Crippen molar-refractivity contribution in [2.75, 3.05) is 6.54 Å². The number of hydrogen-bond acceptors (Lipinski definition) is 3. The molecule has 0 saturated heterocycles. The number of aromatic nitrogens is 2. The Labute approximate surface area is 123 Å². The van der Waals surface area contributed by atoms with Crippen LogP contribution in [0.4, 0.5) is 0 Å². The van der Waals surface area contributed by atoms with Crippen LogP contribution in [0.3, 0.4) is 0 Å². The molecule has 106 valence electrons. The number of rotatable bonds is 6. The van der Waals surface area contributed by atoms with Crippen molar-refractivity contribution in [1.82, 2.24) is 14.9 Å². The van der Waals surface area contributed by atoms with E-state index < -0.39 is 0 Å². The summed E-state index contributed by atoms with van der Waals surface area (Å²) in [6.07, 6.45) is 7.18. The molecule has 0 fully saturated rings. The van der Waals surface area contributed by atoms with Gasteiger partial charge in [0.15, 0.2) is 0 Å². The van der Waals surface area contributed by atoms with Crippen LogP contribution in [0.2, 0.25) is 0 Å². The minimum absolute atomic E-state index is 0.0485. The smallest absolute Gasteiger partial charge is 0.244 e. The fourth-order valence-electron chi connectivity index (χ4n) is 1.87. The third-order valence-electron chi connectivity index (χ3n) is 3.00. The maximum atomic E-state index is 11.7. The van der Waals surface area contributed by atoms with Gasteiger partial charge in [-0.2, -0.15) is 0 Å². The molecular weight excluding hydrogens is 270 g/mol. The third-order valence-corrected chi connectivity index (χ3v) is 3.84. The summed E-state index contributed by atoms with van der Waals surface area (Å²) in [5.41, 5.74) is 0. The molecule has 0 saturated carbocycles. The zero-order valence-corrected chi connectivity index (χ0v) is 12.6. The lowest BCUT2D eigenvalue weighted by Gasteiger charge is -2.13. The van der Waals surface area contributed by atoms with Gasteiger partial charge in [-0.1, -0.05) is 13.0 Å². The molecule has 0 aromatic carbocycles. The van der Waals surface area contributed by atoms with E-state index in [4.69, 9.17) is 0 Å². The van der Waals surface area contributed by atoms with E-state index in [1.807, 2.05) is 36.7 Å². The predicted molar refractivity (Wildman–Crippen MR) is 82.5 cm³/mol. The normalized spacial score (nSPS) is 12.7. The second-order valence-electron chi connectivity index (χ2n) is 4.83. The minimum atomic E-state index is -0.0485. The number of imidazole rings is 1. The Balaban J connectivity index is 1.74. The van der Waals surface area contributed by atoms with Gasteiger partial charge in [-0.05, 0) is 30.4 Å². The quantitative estimate of drug-likeness (QED) is 0.831. The first-order chi connectivity index (χ1) is 9.65. The molecule has 0 aliphatic rings. The fraction of sp³-hybridized carbons (Fsp3) is 0.333. The molecule has 2 heterocycles. The molecule has 20 heavy (non-hydrogen) atoms. The van der Waals surface area contributed by atoms with Crippen molar-refractivity contribution in [2.45, 2.75) is 20.4 Å². The monoisotopic (exact) mass is 289 g/mol. The summed E-state index contributed by atoms with van der Waals surface area (Å²) in [4.78, 5) is 17.0. The van der Waals surface area contributed by atoms with Gasteiger partial charge in [-0.15, -0.1) is 11.3 Å². The SMILES string of the molecule is Cc1nccn1CC(C)CNC(=O)/C=C/c1cccs1. The summed E-state index contributed by atoms with van der Waals surface area (Å²) in [6, 6.07) is 3.96. The van der Waals surface area contributed by atoms with Crippen LogP contribution >= 0.6 is 11.3 Å². The Morgan fingerprint density at radius 2 is 2.45 bits per heavy atom. The first-order valence-electron chi connectivity index (χ1n) is 6.62. The summed E-state index contributed by atoms with van der Waals surface area (Å²) in [6.45, 7) is 5.61. The number of nitrogens with zero attached hydrogens (tertiary/aromatic N) is 2. The van der Waals surface area contributed by atoms with Crippen molar-refractivity contribution in [2.24, 2.45) is 5.92 Å². The maximum absolute atomic E-state index is 11.7. The first kappa shape index (κ1) is 14.5. The van der Waals surface area contributed by atoms with Crippen molar-refractivity contribution < 1.29 is 4.79 Å². The Hall–Kier alpha value is -1.88. The van der Waals surface area contributed by atoms with Gasteiger partial charge >= 0.3 is 0 Å². The van der Waals surface area contributed by atoms with Crippen molar-refractivity contribution in [1.29, 1.82) is 0 Å². The van der Waals surface area contributed by atoms with Gasteiger partial charge in [-0.3, -0.25) is 4.79 Å². The highest BCUT2D eigenvalue weighted by Crippen LogP contribution is 2.09. The molecule has 2 aromatic rings. The lowest BCUT2D eigenvalue weighted by atomic mass is 10.2. The van der Waals surface area contributed by atoms with Crippen LogP contribution in [0.15, 0.2) is 36.0 Å². The zero-order chi connectivity index (χ0) is 14.4. The van der Waals surface area contributed by atoms with Crippen LogP contribution in [0.5, 0.6) is 0 Å². The number of amides is 1. The van der Waals surface area contributed by atoms with Crippen LogP contribution in [-0.2, 0) is 11.3 Å². The maximum Gasteiger partial charge on any atom is 0.244 e. The number of aryl methyl sites for hydroxylation is 1. The molecule has 1 atom stereocenters. The molecular formula is C15H19N3OS. The first-order valence-corrected chi connectivity index (χ1v) is 7.50. The molecule has 1 amide bonds. The fourth-order valence-corrected chi connectivity index (χ4v) is 2.49. The van der Waals surface area contributed by atoms with Gasteiger partial charge in [0, 0.05) is 36.4 Å². The van der Waals surface area contributed by atoms with Crippen molar-refractivity contribution in [3.05, 3.63) is 46.7 Å². The van der Waals surface area contributed by atoms with E-state index in [0.29, 0.717) is 12.5 Å². The number of hydrogen-bond donors (Lipinski definition) is 1. The van der Waals surface area contributed by atoms with Crippen LogP contribution in [-0.4, -0.2) is 22.0 Å². The molecule has 4 nitrogen and oxygen atoms in total. The van der Waals surface area contributed by atoms with E-state index in [0.717, 1.165) is 17.2 Å². The summed E-state index contributed by atoms with van der Waals surface area (Å²) < 4.78 is 2.10. The second kappa shape index (κ2) is 7.05. The minimum Gasteiger partial charge on any atom is -0.352 e. The number of carbonyl (C=O) groups excluding carboxylic acids is 1. The van der Waals surface area contributed by atoms with E-state index in [-0.39, 0.29) is 5.91 Å². The lowest BCUT2D eigenvalue weighted by Crippen LogP contribution is -2.28. The highest BCUT2D eigenvalue weighted by Gasteiger charge is 2.06. The number of thiophene rings is 1. The van der Waals surface area contributed by atoms with Crippen molar-refractivity contribution >= 4 is 23.3 Å². The summed E-state index contributed by atoms with van der Waals surface area (Å²) in [7, 11) is 0. The standard InChI is InChI=1S/C15H19N3OS/c1-12(11-18-8-7-16-13(18)2)10-17-15(19)6-5-14-4-3-9-20-14/h3-9,12H,10-11H2,1-2H3,(H,17,19)/b6-5+. The molecule has 2 rings (SSSR count). The highest BCUT2D eigenvalue weighted by molar-refractivity contribution is 7.10. The second-order valence-corrected chi connectivity index (χ2v) is 5.81. The lowest BCUT2D eigenvalue weighted by molar-refractivity contribution is -0.116. The highest BCUT2D eigenvalue weighted by atomic mass is 32.1. The van der Waals surface area contributed by atoms with E-state index in [1.165, 1.54) is 0 Å². The van der Waals surface area contributed by atoms with Gasteiger partial charge in [0.05, 0.1) is 0 Å². The Kier molecular flexibility index (Phi) is 5.12. The van der Waals surface area contributed by atoms with E-state index >= 15 is 0 Å². The van der Waals surface area contributed by atoms with E-state index in [9.17, 15) is 4.79 Å². The Morgan fingerprint density at radius 1 is 1.60 bits per heavy atom. The average Bonchev–Trinajstić information content (AvgIpc) is 3.07. The van der Waals surface area contributed by atoms with Gasteiger partial charge < -0.3 is 9.88 Å². The van der Waals surface area contributed by atoms with Crippen LogP contribution < -0.4 is 5.32 Å². The van der Waals surface area contributed by atoms with Gasteiger partial charge in [-0.25, -0.2) is 4.98 Å². The molecule has 5 heteroatoms. The zero-order valence-electron chi connectivity index (χ0n) is 11.7. The molecule has 0 radical (unpaired) electrons. The average molecular weight is 289 g/mol. The van der Waals surface area contributed by atoms with Gasteiger partial charge in [0.1, 0.15) is 5.82 Å². The third kappa shape index (κ3) is 4.35. The molecule has 0 aliphatic carbocycles. The number of nitrogens with one attached hydrogen (secondary N) is 1. The summed E-state index contributed by atoms with van der Waals surface area (Å²) >= 11 is 1.62. The molecule has 0 bridgehead atoms. The molecule has 2 aromatic heterocycles. The van der Waals surface area contributed by atoms with Crippen LogP contribution in [0, 0.1) is 12.8 Å². The van der Waals surface area contributed by atoms with Crippen LogP contribution in [0.1, 0.15) is 17.6 Å². The van der Waals surface area contributed by atoms with Gasteiger partial charge in [0.25, 0.3) is 0 Å². The van der Waals surface area contributed by atoms with E-state index in [1.54, 1.807) is 23.6 Å². The van der Waals surface area contributed by atoms with Crippen LogP contribution in [0.25, 0.3) is 6.08 Å². The summed E-state index contributed by atoms with van der Waals surface area (Å²) in [5, 5.41) is 4.92. The Morgan fingerprint density at radius 3 is 3.10 bits per heavy atom. The Bertz CT molecular complexity index is 572. The molecule has 1 unspecified atom stereocenters. The topological polar surface area (TPSA) is 46.9 Å². The molecule has 0 spiro atoms. The van der Waals surface area contributed by atoms with Crippen molar-refractivity contribution in [3.8, 4) is 0 Å². The molecule has 0 aliphatic heterocycles.